The minimum Gasteiger partial charge on any atom is -0.478 e. The van der Waals surface area contributed by atoms with E-state index in [0.29, 0.717) is 13.2 Å². The number of carboxylic acids is 2. The Balaban J connectivity index is 0. The number of esters is 2. The van der Waals surface area contributed by atoms with Gasteiger partial charge in [0.25, 0.3) is 0 Å². The average molecular weight is 372 g/mol. The molecule has 0 bridgehead atoms. The summed E-state index contributed by atoms with van der Waals surface area (Å²) >= 11 is 0. The van der Waals surface area contributed by atoms with Crippen LogP contribution in [0.1, 0.15) is 52.4 Å². The molecule has 0 aromatic carbocycles. The van der Waals surface area contributed by atoms with Gasteiger partial charge in [-0.2, -0.15) is 0 Å². The monoisotopic (exact) mass is 372 g/mol. The Morgan fingerprint density at radius 1 is 0.654 bits per heavy atom. The van der Waals surface area contributed by atoms with Gasteiger partial charge in [0.2, 0.25) is 0 Å². The molecule has 0 saturated heterocycles. The van der Waals surface area contributed by atoms with E-state index in [0.717, 1.165) is 62.8 Å². The fourth-order valence-electron chi connectivity index (χ4n) is 1.39. The second-order valence-corrected chi connectivity index (χ2v) is 5.09. The molecule has 148 valence electrons. The number of aliphatic carboxylic acids is 2. The van der Waals surface area contributed by atoms with E-state index in [1.165, 1.54) is 0 Å². The number of hydrogen-bond donors (Lipinski definition) is 2. The molecule has 0 fully saturated rings. The van der Waals surface area contributed by atoms with Crippen molar-refractivity contribution in [3.8, 4) is 0 Å². The smallest absolute Gasteiger partial charge is 0.331 e. The SMILES string of the molecule is CCCCCCOC(=O)/C=C\C(=O)O.CCCCOC(=O)/C=C\C(=O)O. The van der Waals surface area contributed by atoms with Crippen molar-refractivity contribution in [3.05, 3.63) is 24.3 Å². The lowest BCUT2D eigenvalue weighted by Crippen LogP contribution is -2.03. The third-order valence-electron chi connectivity index (χ3n) is 2.71. The lowest BCUT2D eigenvalue weighted by atomic mass is 10.2. The van der Waals surface area contributed by atoms with Gasteiger partial charge in [-0.3, -0.25) is 0 Å². The van der Waals surface area contributed by atoms with E-state index in [2.05, 4.69) is 11.7 Å². The highest BCUT2D eigenvalue weighted by Crippen LogP contribution is 1.99. The van der Waals surface area contributed by atoms with E-state index in [-0.39, 0.29) is 0 Å². The van der Waals surface area contributed by atoms with E-state index in [1.54, 1.807) is 0 Å². The second-order valence-electron chi connectivity index (χ2n) is 5.09. The predicted molar refractivity (Wildman–Crippen MR) is 94.5 cm³/mol. The van der Waals surface area contributed by atoms with Gasteiger partial charge >= 0.3 is 23.9 Å². The van der Waals surface area contributed by atoms with Crippen LogP contribution in [0.25, 0.3) is 0 Å². The molecule has 2 N–H and O–H groups in total. The zero-order chi connectivity index (χ0) is 20.2. The molecule has 0 aliphatic heterocycles. The van der Waals surface area contributed by atoms with Crippen molar-refractivity contribution >= 4 is 23.9 Å². The van der Waals surface area contributed by atoms with Crippen LogP contribution in [0, 0.1) is 0 Å². The van der Waals surface area contributed by atoms with Gasteiger partial charge in [-0.15, -0.1) is 0 Å². The van der Waals surface area contributed by atoms with Crippen molar-refractivity contribution in [2.75, 3.05) is 13.2 Å². The maximum Gasteiger partial charge on any atom is 0.331 e. The highest BCUT2D eigenvalue weighted by Gasteiger charge is 1.98. The van der Waals surface area contributed by atoms with Gasteiger partial charge < -0.3 is 19.7 Å². The van der Waals surface area contributed by atoms with Crippen molar-refractivity contribution in [2.24, 2.45) is 0 Å². The Kier molecular flexibility index (Phi) is 18.4. The molecule has 0 aliphatic carbocycles. The van der Waals surface area contributed by atoms with Crippen LogP contribution >= 0.6 is 0 Å². The fraction of sp³-hybridized carbons (Fsp3) is 0.556. The lowest BCUT2D eigenvalue weighted by Gasteiger charge is -2.00. The summed E-state index contributed by atoms with van der Waals surface area (Å²) in [5.41, 5.74) is 0. The normalized spacial score (nSPS) is 10.2. The molecule has 26 heavy (non-hydrogen) atoms. The first-order valence-corrected chi connectivity index (χ1v) is 8.48. The first kappa shape index (κ1) is 25.6. The fourth-order valence-corrected chi connectivity index (χ4v) is 1.39. The quantitative estimate of drug-likeness (QED) is 0.304. The summed E-state index contributed by atoms with van der Waals surface area (Å²) in [6.45, 7) is 4.78. The van der Waals surface area contributed by atoms with E-state index in [1.807, 2.05) is 6.92 Å². The van der Waals surface area contributed by atoms with Crippen molar-refractivity contribution in [1.29, 1.82) is 0 Å². The van der Waals surface area contributed by atoms with Crippen LogP contribution in [-0.4, -0.2) is 47.3 Å². The second kappa shape index (κ2) is 18.7. The van der Waals surface area contributed by atoms with Crippen LogP contribution in [0.4, 0.5) is 0 Å². The molecule has 0 aliphatic rings. The largest absolute Gasteiger partial charge is 0.478 e. The van der Waals surface area contributed by atoms with Gasteiger partial charge in [-0.25, -0.2) is 19.2 Å². The molecule has 0 amide bonds. The third kappa shape index (κ3) is 23.6. The van der Waals surface area contributed by atoms with Gasteiger partial charge in [0.1, 0.15) is 0 Å². The van der Waals surface area contributed by atoms with Gasteiger partial charge in [-0.1, -0.05) is 39.5 Å². The summed E-state index contributed by atoms with van der Waals surface area (Å²) in [6.07, 6.45) is 9.22. The third-order valence-corrected chi connectivity index (χ3v) is 2.71. The molecule has 0 radical (unpaired) electrons. The van der Waals surface area contributed by atoms with Gasteiger partial charge in [-0.05, 0) is 12.8 Å². The molecule has 0 aromatic rings. The van der Waals surface area contributed by atoms with E-state index in [4.69, 9.17) is 14.9 Å². The molecule has 0 saturated carbocycles. The molecule has 8 heteroatoms. The van der Waals surface area contributed by atoms with E-state index in [9.17, 15) is 19.2 Å². The van der Waals surface area contributed by atoms with Gasteiger partial charge in [0.15, 0.2) is 0 Å². The Bertz CT molecular complexity index is 480. The van der Waals surface area contributed by atoms with Crippen LogP contribution < -0.4 is 0 Å². The van der Waals surface area contributed by atoms with Crippen molar-refractivity contribution in [3.63, 3.8) is 0 Å². The number of hydrogen-bond acceptors (Lipinski definition) is 6. The number of carbonyl (C=O) groups excluding carboxylic acids is 2. The van der Waals surface area contributed by atoms with Crippen LogP contribution in [0.5, 0.6) is 0 Å². The molecule has 0 rings (SSSR count). The summed E-state index contributed by atoms with van der Waals surface area (Å²) in [5.74, 6) is -3.50. The predicted octanol–water partition coefficient (Wildman–Crippen LogP) is 2.72. The molecule has 0 aromatic heterocycles. The van der Waals surface area contributed by atoms with Crippen LogP contribution in [0.2, 0.25) is 0 Å². The molecule has 8 nitrogen and oxygen atoms in total. The summed E-state index contributed by atoms with van der Waals surface area (Å²) in [6, 6.07) is 0. The minimum absolute atomic E-state index is 0.347. The average Bonchev–Trinajstić information content (AvgIpc) is 2.59. The van der Waals surface area contributed by atoms with Crippen molar-refractivity contribution in [1.82, 2.24) is 0 Å². The highest BCUT2D eigenvalue weighted by atomic mass is 16.5. The molecular weight excluding hydrogens is 344 g/mol. The number of unbranched alkanes of at least 4 members (excludes halogenated alkanes) is 4. The molecule has 0 atom stereocenters. The summed E-state index contributed by atoms with van der Waals surface area (Å²) < 4.78 is 9.39. The zero-order valence-corrected chi connectivity index (χ0v) is 15.3. The van der Waals surface area contributed by atoms with Crippen LogP contribution in [0.3, 0.4) is 0 Å². The first-order chi connectivity index (χ1) is 12.3. The number of rotatable bonds is 12. The summed E-state index contributed by atoms with van der Waals surface area (Å²) in [5, 5.41) is 16.3. The molecule has 0 spiro atoms. The number of ether oxygens (including phenoxy) is 2. The molecule has 0 heterocycles. The van der Waals surface area contributed by atoms with E-state index < -0.39 is 23.9 Å². The Hall–Kier alpha value is -2.64. The lowest BCUT2D eigenvalue weighted by molar-refractivity contribution is -0.139. The summed E-state index contributed by atoms with van der Waals surface area (Å²) in [4.78, 5) is 41.4. The van der Waals surface area contributed by atoms with Crippen molar-refractivity contribution < 1.29 is 38.9 Å². The van der Waals surface area contributed by atoms with Crippen molar-refractivity contribution in [2.45, 2.75) is 52.4 Å². The van der Waals surface area contributed by atoms with Gasteiger partial charge in [0, 0.05) is 24.3 Å². The number of carboxylic acid groups (broad SMARTS) is 2. The summed E-state index contributed by atoms with van der Waals surface area (Å²) in [7, 11) is 0. The number of carbonyl (C=O) groups is 4. The van der Waals surface area contributed by atoms with Gasteiger partial charge in [0.05, 0.1) is 13.2 Å². The molecule has 0 unspecified atom stereocenters. The minimum atomic E-state index is -1.15. The highest BCUT2D eigenvalue weighted by molar-refractivity contribution is 5.91. The Morgan fingerprint density at radius 3 is 1.46 bits per heavy atom. The topological polar surface area (TPSA) is 127 Å². The zero-order valence-electron chi connectivity index (χ0n) is 15.3. The van der Waals surface area contributed by atoms with Crippen LogP contribution in [0.15, 0.2) is 24.3 Å². The Morgan fingerprint density at radius 2 is 1.08 bits per heavy atom. The molecular formula is C18H28O8. The maximum atomic E-state index is 10.8. The standard InChI is InChI=1S/C10H16O4.C8H12O4/c1-2-3-4-5-8-14-10(13)7-6-9(11)12;1-2-3-6-12-8(11)5-4-7(9)10/h6-7H,2-5,8H2,1H3,(H,11,12);4-5H,2-3,6H2,1H3,(H,9,10)/b7-6-;5-4-. The first-order valence-electron chi connectivity index (χ1n) is 8.48. The van der Waals surface area contributed by atoms with Crippen LogP contribution in [-0.2, 0) is 28.7 Å². The maximum absolute atomic E-state index is 10.8. The van der Waals surface area contributed by atoms with E-state index >= 15 is 0 Å². The Labute approximate surface area is 153 Å².